The number of fused-ring (bicyclic) bond motifs is 2. The van der Waals surface area contributed by atoms with Crippen LogP contribution in [0, 0.1) is 11.7 Å². The van der Waals surface area contributed by atoms with Crippen molar-refractivity contribution < 1.29 is 19.1 Å². The molecule has 3 aliphatic rings. The number of nitrogens with one attached hydrogen (secondary N) is 1. The van der Waals surface area contributed by atoms with Gasteiger partial charge in [0, 0.05) is 49.0 Å². The number of carbonyl (C=O) groups is 2. The zero-order chi connectivity index (χ0) is 26.4. The summed E-state index contributed by atoms with van der Waals surface area (Å²) in [6, 6.07) is 10.3. The Morgan fingerprint density at radius 3 is 2.71 bits per heavy atom. The number of nitrogens with zero attached hydrogens (tertiary/aromatic N) is 4. The van der Waals surface area contributed by atoms with E-state index in [4.69, 9.17) is 11.6 Å². The Morgan fingerprint density at radius 2 is 1.95 bits per heavy atom. The number of hydrogen-bond donors (Lipinski definition) is 2. The smallest absolute Gasteiger partial charge is 0.277 e. The second-order valence-electron chi connectivity index (χ2n) is 10.2. The van der Waals surface area contributed by atoms with Crippen molar-refractivity contribution in [2.45, 2.75) is 32.2 Å². The molecule has 1 saturated carbocycles. The average molecular weight is 538 g/mol. The Bertz CT molecular complexity index is 1420. The van der Waals surface area contributed by atoms with Crippen molar-refractivity contribution in [2.75, 3.05) is 37.7 Å². The first-order valence-corrected chi connectivity index (χ1v) is 13.4. The number of amides is 2. The van der Waals surface area contributed by atoms with Crippen molar-refractivity contribution in [3.8, 4) is 5.69 Å². The summed E-state index contributed by atoms with van der Waals surface area (Å²) >= 11 is 6.24. The third-order valence-electron chi connectivity index (χ3n) is 7.61. The molecule has 1 fully saturated rings. The molecule has 3 heterocycles. The van der Waals surface area contributed by atoms with Crippen molar-refractivity contribution >= 4 is 29.1 Å². The summed E-state index contributed by atoms with van der Waals surface area (Å²) in [5.74, 6) is -0.460. The minimum absolute atomic E-state index is 0.0367. The van der Waals surface area contributed by atoms with E-state index in [1.165, 1.54) is 10.7 Å². The van der Waals surface area contributed by atoms with Crippen LogP contribution < -0.4 is 10.2 Å². The van der Waals surface area contributed by atoms with Gasteiger partial charge in [0.15, 0.2) is 5.69 Å². The van der Waals surface area contributed by atoms with E-state index >= 15 is 4.39 Å². The number of aliphatic hydroxyl groups excluding tert-OH is 1. The monoisotopic (exact) mass is 537 g/mol. The Hall–Kier alpha value is -3.27. The molecule has 38 heavy (non-hydrogen) atoms. The quantitative estimate of drug-likeness (QED) is 0.482. The highest BCUT2D eigenvalue weighted by Crippen LogP contribution is 2.33. The van der Waals surface area contributed by atoms with E-state index in [2.05, 4.69) is 15.3 Å². The highest BCUT2D eigenvalue weighted by atomic mass is 35.5. The molecule has 0 atom stereocenters. The zero-order valence-corrected chi connectivity index (χ0v) is 21.7. The molecule has 0 bridgehead atoms. The van der Waals surface area contributed by atoms with Crippen molar-refractivity contribution in [2.24, 2.45) is 5.92 Å². The molecule has 6 rings (SSSR count). The molecule has 0 unspecified atom stereocenters. The van der Waals surface area contributed by atoms with Crippen LogP contribution in [0.2, 0.25) is 5.02 Å². The Labute approximate surface area is 225 Å². The molecule has 198 valence electrons. The fourth-order valence-electron chi connectivity index (χ4n) is 5.40. The van der Waals surface area contributed by atoms with Crippen LogP contribution in [0.4, 0.5) is 10.1 Å². The number of carbonyl (C=O) groups excluding carboxylic acids is 2. The van der Waals surface area contributed by atoms with Gasteiger partial charge in [0.05, 0.1) is 12.3 Å². The summed E-state index contributed by atoms with van der Waals surface area (Å²) in [6.45, 7) is 2.64. The Morgan fingerprint density at radius 1 is 1.13 bits per heavy atom. The predicted molar refractivity (Wildman–Crippen MR) is 141 cm³/mol. The van der Waals surface area contributed by atoms with Gasteiger partial charge in [0.25, 0.3) is 11.8 Å². The van der Waals surface area contributed by atoms with E-state index < -0.39 is 0 Å². The van der Waals surface area contributed by atoms with Gasteiger partial charge in [0.2, 0.25) is 0 Å². The molecule has 2 N–H and O–H groups in total. The molecule has 8 nitrogen and oxygen atoms in total. The molecule has 1 aromatic heterocycles. The second-order valence-corrected chi connectivity index (χ2v) is 10.7. The van der Waals surface area contributed by atoms with Gasteiger partial charge >= 0.3 is 0 Å². The molecule has 3 aromatic rings. The fraction of sp³-hybridized carbons (Fsp3) is 0.393. The van der Waals surface area contributed by atoms with E-state index in [1.54, 1.807) is 29.2 Å². The van der Waals surface area contributed by atoms with Gasteiger partial charge in [-0.3, -0.25) is 14.5 Å². The zero-order valence-electron chi connectivity index (χ0n) is 20.9. The third-order valence-corrected chi connectivity index (χ3v) is 7.84. The third kappa shape index (κ3) is 4.70. The second kappa shape index (κ2) is 10.1. The Kier molecular flexibility index (Phi) is 6.67. The minimum Gasteiger partial charge on any atom is -0.395 e. The molecule has 2 aromatic carbocycles. The van der Waals surface area contributed by atoms with Crippen LogP contribution in [-0.2, 0) is 19.4 Å². The van der Waals surface area contributed by atoms with Crippen molar-refractivity contribution in [3.05, 3.63) is 75.3 Å². The molecule has 0 radical (unpaired) electrons. The number of halogens is 2. The highest BCUT2D eigenvalue weighted by Gasteiger charge is 2.36. The number of benzene rings is 2. The van der Waals surface area contributed by atoms with Gasteiger partial charge in [-0.25, -0.2) is 9.07 Å². The van der Waals surface area contributed by atoms with Gasteiger partial charge in [-0.05, 0) is 73.1 Å². The number of anilines is 1. The van der Waals surface area contributed by atoms with Crippen molar-refractivity contribution in [1.29, 1.82) is 0 Å². The first-order valence-electron chi connectivity index (χ1n) is 13.1. The maximum Gasteiger partial charge on any atom is 0.277 e. The van der Waals surface area contributed by atoms with Crippen LogP contribution in [-0.4, -0.2) is 64.4 Å². The molecular weight excluding hydrogens is 509 g/mol. The van der Waals surface area contributed by atoms with E-state index in [0.717, 1.165) is 18.4 Å². The Balaban J connectivity index is 1.38. The lowest BCUT2D eigenvalue weighted by Crippen LogP contribution is -2.40. The average Bonchev–Trinajstić information content (AvgIpc) is 3.65. The summed E-state index contributed by atoms with van der Waals surface area (Å²) < 4.78 is 16.7. The number of aliphatic hydroxyl groups is 1. The van der Waals surface area contributed by atoms with Crippen LogP contribution >= 0.6 is 11.6 Å². The lowest BCUT2D eigenvalue weighted by atomic mass is 9.96. The molecule has 1 aliphatic carbocycles. The fourth-order valence-corrected chi connectivity index (χ4v) is 5.59. The standard InChI is InChI=1S/C28H29ClFN5O3/c29-19-2-1-3-20(13-19)35-26-23(25(32-35)27(37)31-15-17-4-5-17)7-9-34(28(26)38)21-12-18-16-33(10-11-36)8-6-22(18)24(30)14-21/h1-3,12-14,17,36H,4-11,15-16H2,(H,31,37). The number of aromatic nitrogens is 2. The molecular formula is C28H29ClFN5O3. The summed E-state index contributed by atoms with van der Waals surface area (Å²) in [4.78, 5) is 30.7. The molecule has 10 heteroatoms. The summed E-state index contributed by atoms with van der Waals surface area (Å²) in [5.41, 5.74) is 3.64. The van der Waals surface area contributed by atoms with Gasteiger partial charge in [0.1, 0.15) is 11.5 Å². The number of hydrogen-bond acceptors (Lipinski definition) is 5. The van der Waals surface area contributed by atoms with E-state index in [1.807, 2.05) is 6.07 Å². The number of β-amino-alcohol motifs (C(OH)–C–C–N with tert-alkyl or cyclic N) is 1. The lowest BCUT2D eigenvalue weighted by molar-refractivity contribution is 0.0945. The first-order chi connectivity index (χ1) is 18.4. The first kappa shape index (κ1) is 25.0. The van der Waals surface area contributed by atoms with Gasteiger partial charge in [-0.2, -0.15) is 5.10 Å². The maximum atomic E-state index is 15.2. The van der Waals surface area contributed by atoms with E-state index in [0.29, 0.717) is 79.0 Å². The molecule has 2 aliphatic heterocycles. The molecule has 2 amide bonds. The van der Waals surface area contributed by atoms with Crippen LogP contribution in [0.5, 0.6) is 0 Å². The van der Waals surface area contributed by atoms with Crippen LogP contribution in [0.1, 0.15) is 50.5 Å². The predicted octanol–water partition coefficient (Wildman–Crippen LogP) is 3.36. The summed E-state index contributed by atoms with van der Waals surface area (Å²) in [7, 11) is 0. The summed E-state index contributed by atoms with van der Waals surface area (Å²) in [6.07, 6.45) is 3.18. The van der Waals surface area contributed by atoms with E-state index in [-0.39, 0.29) is 35.6 Å². The molecule has 0 spiro atoms. The van der Waals surface area contributed by atoms with Crippen molar-refractivity contribution in [1.82, 2.24) is 20.0 Å². The lowest BCUT2D eigenvalue weighted by Gasteiger charge is -2.32. The topological polar surface area (TPSA) is 90.7 Å². The van der Waals surface area contributed by atoms with Crippen LogP contribution in [0.15, 0.2) is 36.4 Å². The van der Waals surface area contributed by atoms with Crippen LogP contribution in [0.25, 0.3) is 5.69 Å². The minimum atomic E-state index is -0.345. The maximum absolute atomic E-state index is 15.2. The van der Waals surface area contributed by atoms with Crippen molar-refractivity contribution in [3.63, 3.8) is 0 Å². The molecule has 0 saturated heterocycles. The largest absolute Gasteiger partial charge is 0.395 e. The SMILES string of the molecule is O=C(NCC1CC1)c1nn(-c2cccc(Cl)c2)c2c1CCN(c1cc(F)c3c(c1)CN(CCO)CC3)C2=O. The van der Waals surface area contributed by atoms with Gasteiger partial charge < -0.3 is 15.3 Å². The van der Waals surface area contributed by atoms with Crippen LogP contribution in [0.3, 0.4) is 0 Å². The van der Waals surface area contributed by atoms with E-state index in [9.17, 15) is 14.7 Å². The normalized spacial score (nSPS) is 17.3. The summed E-state index contributed by atoms with van der Waals surface area (Å²) in [5, 5.41) is 17.4. The highest BCUT2D eigenvalue weighted by molar-refractivity contribution is 6.30. The number of rotatable bonds is 7. The van der Waals surface area contributed by atoms with Gasteiger partial charge in [-0.1, -0.05) is 17.7 Å². The van der Waals surface area contributed by atoms with Gasteiger partial charge in [-0.15, -0.1) is 0 Å².